The summed E-state index contributed by atoms with van der Waals surface area (Å²) in [5.41, 5.74) is 12.4. The van der Waals surface area contributed by atoms with Gasteiger partial charge in [0.15, 0.2) is 5.82 Å². The summed E-state index contributed by atoms with van der Waals surface area (Å²) in [6, 6.07) is 3.29. The van der Waals surface area contributed by atoms with E-state index >= 15 is 0 Å². The van der Waals surface area contributed by atoms with Gasteiger partial charge in [-0.15, -0.1) is 5.10 Å². The number of hydrogen-bond acceptors (Lipinski definition) is 5. The van der Waals surface area contributed by atoms with Gasteiger partial charge >= 0.3 is 0 Å². The standard InChI is InChI=1S/C10H12ClN5O/c1-16-10(13)14-9(15-16)5-3-6(11)7(12)4-8(5)17-2/h3-4H,12H2,1-2H3,(H2,13,14,15). The van der Waals surface area contributed by atoms with E-state index in [0.29, 0.717) is 33.8 Å². The second kappa shape index (κ2) is 4.14. The molecule has 0 fully saturated rings. The first-order valence-electron chi connectivity index (χ1n) is 4.83. The number of halogens is 1. The van der Waals surface area contributed by atoms with Crippen molar-refractivity contribution in [2.75, 3.05) is 18.6 Å². The van der Waals surface area contributed by atoms with Gasteiger partial charge in [-0.05, 0) is 6.07 Å². The van der Waals surface area contributed by atoms with Gasteiger partial charge in [0.05, 0.1) is 23.4 Å². The molecule has 2 aromatic rings. The summed E-state index contributed by atoms with van der Waals surface area (Å²) in [6.07, 6.45) is 0. The molecule has 0 saturated carbocycles. The molecule has 0 atom stereocenters. The van der Waals surface area contributed by atoms with Gasteiger partial charge in [-0.2, -0.15) is 4.98 Å². The predicted molar refractivity (Wildman–Crippen MR) is 66.8 cm³/mol. The Morgan fingerprint density at radius 2 is 2.06 bits per heavy atom. The zero-order valence-electron chi connectivity index (χ0n) is 9.44. The minimum Gasteiger partial charge on any atom is -0.496 e. The molecule has 0 amide bonds. The number of nitrogen functional groups attached to an aromatic ring is 2. The molecule has 90 valence electrons. The summed E-state index contributed by atoms with van der Waals surface area (Å²) in [5, 5.41) is 4.58. The van der Waals surface area contributed by atoms with Crippen LogP contribution in [-0.4, -0.2) is 21.9 Å². The van der Waals surface area contributed by atoms with Gasteiger partial charge < -0.3 is 16.2 Å². The molecular formula is C10H12ClN5O. The first kappa shape index (κ1) is 11.5. The van der Waals surface area contributed by atoms with E-state index in [-0.39, 0.29) is 0 Å². The molecule has 0 saturated heterocycles. The van der Waals surface area contributed by atoms with Crippen LogP contribution in [0.1, 0.15) is 0 Å². The predicted octanol–water partition coefficient (Wildman–Crippen LogP) is 1.31. The smallest absolute Gasteiger partial charge is 0.218 e. The van der Waals surface area contributed by atoms with Crippen LogP contribution in [0.25, 0.3) is 11.4 Å². The van der Waals surface area contributed by atoms with Crippen molar-refractivity contribution in [2.24, 2.45) is 7.05 Å². The van der Waals surface area contributed by atoms with Gasteiger partial charge in [-0.1, -0.05) is 11.6 Å². The maximum absolute atomic E-state index is 5.97. The third-order valence-electron chi connectivity index (χ3n) is 2.36. The van der Waals surface area contributed by atoms with E-state index in [0.717, 1.165) is 0 Å². The third-order valence-corrected chi connectivity index (χ3v) is 2.68. The average molecular weight is 254 g/mol. The highest BCUT2D eigenvalue weighted by Gasteiger charge is 2.14. The Hall–Kier alpha value is -1.95. The number of anilines is 2. The van der Waals surface area contributed by atoms with Crippen molar-refractivity contribution in [3.05, 3.63) is 17.2 Å². The van der Waals surface area contributed by atoms with E-state index in [1.165, 1.54) is 4.68 Å². The molecule has 7 heteroatoms. The quantitative estimate of drug-likeness (QED) is 0.788. The van der Waals surface area contributed by atoms with E-state index in [9.17, 15) is 0 Å². The first-order chi connectivity index (χ1) is 8.02. The number of nitrogens with zero attached hydrogens (tertiary/aromatic N) is 3. The largest absolute Gasteiger partial charge is 0.496 e. The molecular weight excluding hydrogens is 242 g/mol. The maximum atomic E-state index is 5.97. The number of hydrogen-bond donors (Lipinski definition) is 2. The van der Waals surface area contributed by atoms with Crippen LogP contribution in [0.3, 0.4) is 0 Å². The third kappa shape index (κ3) is 1.99. The van der Waals surface area contributed by atoms with Crippen LogP contribution in [-0.2, 0) is 7.05 Å². The molecule has 1 aromatic heterocycles. The molecule has 17 heavy (non-hydrogen) atoms. The van der Waals surface area contributed by atoms with E-state index < -0.39 is 0 Å². The van der Waals surface area contributed by atoms with E-state index in [1.807, 2.05) is 0 Å². The molecule has 0 bridgehead atoms. The van der Waals surface area contributed by atoms with Crippen LogP contribution in [0.2, 0.25) is 5.02 Å². The number of rotatable bonds is 2. The normalized spacial score (nSPS) is 10.5. The lowest BCUT2D eigenvalue weighted by Crippen LogP contribution is -1.97. The average Bonchev–Trinajstić information content (AvgIpc) is 2.62. The lowest BCUT2D eigenvalue weighted by molar-refractivity contribution is 0.416. The number of aromatic nitrogens is 3. The zero-order valence-corrected chi connectivity index (χ0v) is 10.2. The van der Waals surface area contributed by atoms with Gasteiger partial charge in [0, 0.05) is 13.1 Å². The molecule has 0 unspecified atom stereocenters. The SMILES string of the molecule is COc1cc(N)c(Cl)cc1-c1nc(N)n(C)n1. The Morgan fingerprint density at radius 1 is 1.35 bits per heavy atom. The zero-order chi connectivity index (χ0) is 12.6. The molecule has 1 aromatic carbocycles. The fourth-order valence-electron chi connectivity index (χ4n) is 1.42. The Bertz CT molecular complexity index is 547. The topological polar surface area (TPSA) is 92.0 Å². The number of nitrogens with two attached hydrogens (primary N) is 2. The van der Waals surface area contributed by atoms with Crippen LogP contribution >= 0.6 is 11.6 Å². The minimum absolute atomic E-state index is 0.315. The summed E-state index contributed by atoms with van der Waals surface area (Å²) < 4.78 is 6.69. The van der Waals surface area contributed by atoms with Crippen molar-refractivity contribution in [3.63, 3.8) is 0 Å². The summed E-state index contributed by atoms with van der Waals surface area (Å²) in [6.45, 7) is 0. The summed E-state index contributed by atoms with van der Waals surface area (Å²) in [4.78, 5) is 4.11. The highest BCUT2D eigenvalue weighted by Crippen LogP contribution is 2.34. The molecule has 0 radical (unpaired) electrons. The van der Waals surface area contributed by atoms with Crippen LogP contribution < -0.4 is 16.2 Å². The van der Waals surface area contributed by atoms with Gasteiger partial charge in [0.1, 0.15) is 5.75 Å². The molecule has 4 N–H and O–H groups in total. The maximum Gasteiger partial charge on any atom is 0.218 e. The first-order valence-corrected chi connectivity index (χ1v) is 5.20. The molecule has 0 aliphatic carbocycles. The Kier molecular flexibility index (Phi) is 2.81. The lowest BCUT2D eigenvalue weighted by atomic mass is 10.1. The van der Waals surface area contributed by atoms with Crippen molar-refractivity contribution in [2.45, 2.75) is 0 Å². The second-order valence-corrected chi connectivity index (χ2v) is 3.90. The fraction of sp³-hybridized carbons (Fsp3) is 0.200. The van der Waals surface area contributed by atoms with Crippen molar-refractivity contribution < 1.29 is 4.74 Å². The number of ether oxygens (including phenoxy) is 1. The van der Waals surface area contributed by atoms with Crippen molar-refractivity contribution in [1.82, 2.24) is 14.8 Å². The van der Waals surface area contributed by atoms with Crippen LogP contribution in [0, 0.1) is 0 Å². The molecule has 1 heterocycles. The monoisotopic (exact) mass is 253 g/mol. The fourth-order valence-corrected chi connectivity index (χ4v) is 1.59. The Labute approximate surface area is 103 Å². The number of aryl methyl sites for hydroxylation is 1. The molecule has 0 spiro atoms. The highest BCUT2D eigenvalue weighted by atomic mass is 35.5. The van der Waals surface area contributed by atoms with Crippen molar-refractivity contribution in [3.8, 4) is 17.1 Å². The van der Waals surface area contributed by atoms with Gasteiger partial charge in [-0.25, -0.2) is 4.68 Å². The van der Waals surface area contributed by atoms with E-state index in [2.05, 4.69) is 10.1 Å². The molecule has 2 rings (SSSR count). The van der Waals surface area contributed by atoms with Gasteiger partial charge in [-0.3, -0.25) is 0 Å². The summed E-state index contributed by atoms with van der Waals surface area (Å²) in [5.74, 6) is 1.32. The van der Waals surface area contributed by atoms with Gasteiger partial charge in [0.25, 0.3) is 0 Å². The van der Waals surface area contributed by atoms with Crippen LogP contribution in [0.15, 0.2) is 12.1 Å². The van der Waals surface area contributed by atoms with Crippen LogP contribution in [0.4, 0.5) is 11.6 Å². The molecule has 0 aliphatic heterocycles. The van der Waals surface area contributed by atoms with Gasteiger partial charge in [0.2, 0.25) is 5.95 Å². The molecule has 0 aliphatic rings. The summed E-state index contributed by atoms with van der Waals surface area (Å²) >= 11 is 5.97. The Balaban J connectivity index is 2.61. The summed E-state index contributed by atoms with van der Waals surface area (Å²) in [7, 11) is 3.25. The Morgan fingerprint density at radius 3 is 2.59 bits per heavy atom. The van der Waals surface area contributed by atoms with Crippen LogP contribution in [0.5, 0.6) is 5.75 Å². The minimum atomic E-state index is 0.315. The molecule has 6 nitrogen and oxygen atoms in total. The van der Waals surface area contributed by atoms with Crippen molar-refractivity contribution >= 4 is 23.2 Å². The second-order valence-electron chi connectivity index (χ2n) is 3.49. The highest BCUT2D eigenvalue weighted by molar-refractivity contribution is 6.33. The van der Waals surface area contributed by atoms with E-state index in [4.69, 9.17) is 27.8 Å². The lowest BCUT2D eigenvalue weighted by Gasteiger charge is -2.07. The van der Waals surface area contributed by atoms with E-state index in [1.54, 1.807) is 26.3 Å². The number of methoxy groups -OCH3 is 1. The van der Waals surface area contributed by atoms with Crippen molar-refractivity contribution in [1.29, 1.82) is 0 Å². The number of benzene rings is 1.